The number of rotatable bonds is 3. The third-order valence-corrected chi connectivity index (χ3v) is 5.16. The Labute approximate surface area is 136 Å². The molecule has 22 heavy (non-hydrogen) atoms. The van der Waals surface area contributed by atoms with Crippen LogP contribution in [0.15, 0.2) is 47.5 Å². The lowest BCUT2D eigenvalue weighted by molar-refractivity contribution is 0.602. The molecule has 112 valence electrons. The van der Waals surface area contributed by atoms with Gasteiger partial charge in [0.15, 0.2) is 9.84 Å². The molecule has 1 aromatic carbocycles. The molecule has 0 aliphatic heterocycles. The summed E-state index contributed by atoms with van der Waals surface area (Å²) in [5.41, 5.74) is 2.36. The molecule has 0 saturated heterocycles. The second-order valence-electron chi connectivity index (χ2n) is 4.62. The van der Waals surface area contributed by atoms with Crippen molar-refractivity contribution in [2.24, 2.45) is 0 Å². The van der Waals surface area contributed by atoms with Crippen LogP contribution in [0.1, 0.15) is 0 Å². The number of aromatic nitrogens is 3. The first-order chi connectivity index (χ1) is 10.4. The van der Waals surface area contributed by atoms with Crippen LogP contribution in [0.5, 0.6) is 0 Å². The van der Waals surface area contributed by atoms with Gasteiger partial charge in [0.2, 0.25) is 0 Å². The molecule has 0 saturated carbocycles. The average molecular weight is 352 g/mol. The summed E-state index contributed by atoms with van der Waals surface area (Å²) in [6.07, 6.45) is 2.81. The third kappa shape index (κ3) is 3.01. The molecule has 0 radical (unpaired) electrons. The molecule has 0 aliphatic rings. The quantitative estimate of drug-likeness (QED) is 0.677. The lowest BCUT2D eigenvalue weighted by Gasteiger charge is -2.03. The lowest BCUT2D eigenvalue weighted by atomic mass is 10.1. The van der Waals surface area contributed by atoms with Gasteiger partial charge in [0.05, 0.1) is 9.77 Å². The molecular formula is C14H10ClN3O2S2. The fourth-order valence-corrected chi connectivity index (χ4v) is 3.37. The van der Waals surface area contributed by atoms with E-state index in [4.69, 9.17) is 11.6 Å². The van der Waals surface area contributed by atoms with Crippen molar-refractivity contribution in [2.75, 3.05) is 6.26 Å². The van der Waals surface area contributed by atoms with Gasteiger partial charge in [-0.1, -0.05) is 28.2 Å². The maximum absolute atomic E-state index is 11.5. The van der Waals surface area contributed by atoms with Crippen LogP contribution >= 0.6 is 23.1 Å². The number of pyridine rings is 1. The third-order valence-electron chi connectivity index (χ3n) is 3.03. The second kappa shape index (κ2) is 5.75. The Balaban J connectivity index is 2.03. The normalized spacial score (nSPS) is 11.5. The van der Waals surface area contributed by atoms with Crippen molar-refractivity contribution < 1.29 is 8.42 Å². The summed E-state index contributed by atoms with van der Waals surface area (Å²) in [5, 5.41) is 4.54. The molecule has 0 atom stereocenters. The topological polar surface area (TPSA) is 72.8 Å². The van der Waals surface area contributed by atoms with E-state index in [1.165, 1.54) is 17.8 Å². The zero-order chi connectivity index (χ0) is 15.7. The molecule has 0 fully saturated rings. The highest BCUT2D eigenvalue weighted by molar-refractivity contribution is 7.90. The minimum atomic E-state index is -3.21. The Kier molecular flexibility index (Phi) is 3.94. The number of hydrogen-bond acceptors (Lipinski definition) is 6. The van der Waals surface area contributed by atoms with E-state index < -0.39 is 9.84 Å². The number of sulfone groups is 1. The molecule has 0 aliphatic carbocycles. The van der Waals surface area contributed by atoms with E-state index >= 15 is 0 Å². The molecule has 2 aromatic heterocycles. The predicted octanol–water partition coefficient (Wildman–Crippen LogP) is 3.32. The van der Waals surface area contributed by atoms with E-state index in [0.717, 1.165) is 16.0 Å². The molecule has 0 amide bonds. The fraction of sp³-hybridized carbons (Fsp3) is 0.0714. The first-order valence-corrected chi connectivity index (χ1v) is 9.24. The molecule has 3 rings (SSSR count). The second-order valence-corrected chi connectivity index (χ2v) is 7.77. The maximum Gasteiger partial charge on any atom is 0.175 e. The molecule has 0 spiro atoms. The highest BCUT2D eigenvalue weighted by Gasteiger charge is 2.14. The number of hydrogen-bond donors (Lipinski definition) is 0. The molecule has 0 bridgehead atoms. The van der Waals surface area contributed by atoms with Crippen molar-refractivity contribution in [3.05, 3.63) is 47.7 Å². The highest BCUT2D eigenvalue weighted by atomic mass is 35.5. The summed E-state index contributed by atoms with van der Waals surface area (Å²) in [6, 6.07) is 10.2. The van der Waals surface area contributed by atoms with Crippen molar-refractivity contribution in [3.63, 3.8) is 0 Å². The van der Waals surface area contributed by atoms with Crippen LogP contribution in [0.4, 0.5) is 0 Å². The summed E-state index contributed by atoms with van der Waals surface area (Å²) in [6.45, 7) is 0. The molecule has 3 aromatic rings. The Morgan fingerprint density at radius 3 is 2.32 bits per heavy atom. The zero-order valence-electron chi connectivity index (χ0n) is 11.4. The van der Waals surface area contributed by atoms with Crippen LogP contribution in [0.3, 0.4) is 0 Å². The van der Waals surface area contributed by atoms with E-state index in [0.29, 0.717) is 10.8 Å². The van der Waals surface area contributed by atoms with Crippen molar-refractivity contribution in [3.8, 4) is 21.7 Å². The van der Waals surface area contributed by atoms with Crippen LogP contribution in [-0.2, 0) is 9.84 Å². The van der Waals surface area contributed by atoms with E-state index in [9.17, 15) is 8.42 Å². The van der Waals surface area contributed by atoms with Crippen LogP contribution in [0, 0.1) is 0 Å². The summed E-state index contributed by atoms with van der Waals surface area (Å²) in [5.74, 6) is 0. The van der Waals surface area contributed by atoms with Crippen LogP contribution in [0.25, 0.3) is 21.7 Å². The van der Waals surface area contributed by atoms with Crippen molar-refractivity contribution in [2.45, 2.75) is 4.90 Å². The van der Waals surface area contributed by atoms with Crippen LogP contribution < -0.4 is 0 Å². The van der Waals surface area contributed by atoms with E-state index in [2.05, 4.69) is 14.6 Å². The largest absolute Gasteiger partial charge is 0.244 e. The predicted molar refractivity (Wildman–Crippen MR) is 86.7 cm³/mol. The number of halogens is 1. The first-order valence-electron chi connectivity index (χ1n) is 6.20. The Bertz CT molecular complexity index is 904. The summed E-state index contributed by atoms with van der Waals surface area (Å²) in [7, 11) is -3.21. The van der Waals surface area contributed by atoms with Gasteiger partial charge < -0.3 is 0 Å². The SMILES string of the molecule is CS(=O)(=O)c1ccc(-c2snnc2-c2ccc(Cl)nc2)cc1. The van der Waals surface area contributed by atoms with Gasteiger partial charge >= 0.3 is 0 Å². The zero-order valence-corrected chi connectivity index (χ0v) is 13.8. The number of nitrogens with zero attached hydrogens (tertiary/aromatic N) is 3. The van der Waals surface area contributed by atoms with Gasteiger partial charge in [-0.25, -0.2) is 13.4 Å². The van der Waals surface area contributed by atoms with Gasteiger partial charge in [0.25, 0.3) is 0 Å². The van der Waals surface area contributed by atoms with Crippen molar-refractivity contribution in [1.82, 2.24) is 14.6 Å². The van der Waals surface area contributed by atoms with Gasteiger partial charge in [-0.05, 0) is 41.4 Å². The summed E-state index contributed by atoms with van der Waals surface area (Å²) < 4.78 is 27.0. The average Bonchev–Trinajstić information content (AvgIpc) is 2.97. The highest BCUT2D eigenvalue weighted by Crippen LogP contribution is 2.33. The lowest BCUT2D eigenvalue weighted by Crippen LogP contribution is -1.96. The molecule has 0 N–H and O–H groups in total. The van der Waals surface area contributed by atoms with Gasteiger partial charge in [-0.2, -0.15) is 0 Å². The van der Waals surface area contributed by atoms with Crippen molar-refractivity contribution in [1.29, 1.82) is 0 Å². The van der Waals surface area contributed by atoms with Crippen LogP contribution in [0.2, 0.25) is 5.15 Å². The Hall–Kier alpha value is -1.83. The monoisotopic (exact) mass is 351 g/mol. The minimum absolute atomic E-state index is 0.281. The van der Waals surface area contributed by atoms with Gasteiger partial charge in [-0.3, -0.25) is 0 Å². The molecule has 8 heteroatoms. The van der Waals surface area contributed by atoms with Crippen molar-refractivity contribution >= 4 is 33.0 Å². The summed E-state index contributed by atoms with van der Waals surface area (Å²) in [4.78, 5) is 5.17. The number of benzene rings is 1. The van der Waals surface area contributed by atoms with Gasteiger partial charge in [0, 0.05) is 18.0 Å². The maximum atomic E-state index is 11.5. The molecule has 5 nitrogen and oxygen atoms in total. The Morgan fingerprint density at radius 2 is 1.73 bits per heavy atom. The van der Waals surface area contributed by atoms with Gasteiger partial charge in [0.1, 0.15) is 10.8 Å². The van der Waals surface area contributed by atoms with E-state index in [-0.39, 0.29) is 4.90 Å². The minimum Gasteiger partial charge on any atom is -0.244 e. The molecular weight excluding hydrogens is 342 g/mol. The van der Waals surface area contributed by atoms with E-state index in [1.807, 2.05) is 6.07 Å². The fourth-order valence-electron chi connectivity index (χ4n) is 1.94. The van der Waals surface area contributed by atoms with E-state index in [1.54, 1.807) is 36.5 Å². The van der Waals surface area contributed by atoms with Crippen LogP contribution in [-0.4, -0.2) is 29.2 Å². The standard InChI is InChI=1S/C14H10ClN3O2S2/c1-22(19,20)11-5-2-9(3-6-11)14-13(17-18-21-14)10-4-7-12(15)16-8-10/h2-8H,1H3. The van der Waals surface area contributed by atoms with Gasteiger partial charge in [-0.15, -0.1) is 5.10 Å². The molecule has 0 unspecified atom stereocenters. The Morgan fingerprint density at radius 1 is 1.05 bits per heavy atom. The first kappa shape index (κ1) is 15.1. The smallest absolute Gasteiger partial charge is 0.175 e. The molecule has 2 heterocycles. The summed E-state index contributed by atoms with van der Waals surface area (Å²) >= 11 is 7.03.